The summed E-state index contributed by atoms with van der Waals surface area (Å²) < 4.78 is 5.26. The topological polar surface area (TPSA) is 45.4 Å². The average molecular weight is 383 g/mol. The van der Waals surface area contributed by atoms with Crippen LogP contribution in [0, 0.1) is 18.8 Å². The standard InChI is InChI=1S/C23H34N4O/c1-17(2)26-12-8-19(9-13-26)16-20-10-14-27(15-11-20)22-6-4-21(5-7-22)23-24-18(3)25-28-23/h4-7,17,19-20H,8-16H2,1-3H3. The predicted molar refractivity (Wildman–Crippen MR) is 113 cm³/mol. The highest BCUT2D eigenvalue weighted by atomic mass is 16.5. The second-order valence-electron chi connectivity index (χ2n) is 8.93. The fraction of sp³-hybridized carbons (Fsp3) is 0.652. The van der Waals surface area contributed by atoms with Crippen molar-refractivity contribution in [3.8, 4) is 11.5 Å². The van der Waals surface area contributed by atoms with Crippen molar-refractivity contribution in [2.24, 2.45) is 11.8 Å². The molecule has 0 saturated carbocycles. The lowest BCUT2D eigenvalue weighted by molar-refractivity contribution is 0.133. The fourth-order valence-electron chi connectivity index (χ4n) is 4.83. The Balaban J connectivity index is 1.25. The highest BCUT2D eigenvalue weighted by Gasteiger charge is 2.26. The molecule has 0 spiro atoms. The molecule has 152 valence electrons. The normalized spacial score (nSPS) is 20.2. The highest BCUT2D eigenvalue weighted by molar-refractivity contribution is 5.59. The molecule has 3 heterocycles. The minimum atomic E-state index is 0.603. The number of aromatic nitrogens is 2. The lowest BCUT2D eigenvalue weighted by Crippen LogP contribution is -2.39. The molecule has 2 aromatic rings. The van der Waals surface area contributed by atoms with Gasteiger partial charge >= 0.3 is 0 Å². The van der Waals surface area contributed by atoms with Gasteiger partial charge in [-0.25, -0.2) is 0 Å². The van der Waals surface area contributed by atoms with Crippen molar-refractivity contribution in [3.63, 3.8) is 0 Å². The quantitative estimate of drug-likeness (QED) is 0.745. The Labute approximate surface area is 169 Å². The van der Waals surface area contributed by atoms with Crippen LogP contribution < -0.4 is 4.90 Å². The first-order valence-electron chi connectivity index (χ1n) is 11.0. The van der Waals surface area contributed by atoms with E-state index in [1.165, 1.54) is 64.0 Å². The zero-order chi connectivity index (χ0) is 19.5. The van der Waals surface area contributed by atoms with E-state index >= 15 is 0 Å². The van der Waals surface area contributed by atoms with Gasteiger partial charge in [0.1, 0.15) is 0 Å². The lowest BCUT2D eigenvalue weighted by Gasteiger charge is -2.38. The Bertz CT molecular complexity index is 738. The molecule has 1 aromatic carbocycles. The monoisotopic (exact) mass is 382 g/mol. The molecule has 2 fully saturated rings. The summed E-state index contributed by atoms with van der Waals surface area (Å²) in [4.78, 5) is 9.47. The van der Waals surface area contributed by atoms with Crippen LogP contribution in [-0.2, 0) is 0 Å². The molecule has 0 N–H and O–H groups in total. The Kier molecular flexibility index (Phi) is 6.00. The summed E-state index contributed by atoms with van der Waals surface area (Å²) in [5.74, 6) is 3.14. The number of likely N-dealkylation sites (tertiary alicyclic amines) is 1. The van der Waals surface area contributed by atoms with Crippen molar-refractivity contribution in [3.05, 3.63) is 30.1 Å². The maximum absolute atomic E-state index is 5.26. The number of piperidine rings is 2. The van der Waals surface area contributed by atoms with Gasteiger partial charge in [0, 0.05) is 30.4 Å². The van der Waals surface area contributed by atoms with E-state index in [-0.39, 0.29) is 0 Å². The van der Waals surface area contributed by atoms with E-state index in [4.69, 9.17) is 4.52 Å². The van der Waals surface area contributed by atoms with Crippen molar-refractivity contribution in [2.75, 3.05) is 31.1 Å². The first-order valence-corrected chi connectivity index (χ1v) is 11.0. The van der Waals surface area contributed by atoms with Crippen LogP contribution in [0.1, 0.15) is 51.8 Å². The smallest absolute Gasteiger partial charge is 0.257 e. The third-order valence-corrected chi connectivity index (χ3v) is 6.67. The highest BCUT2D eigenvalue weighted by Crippen LogP contribution is 2.32. The van der Waals surface area contributed by atoms with E-state index < -0.39 is 0 Å². The van der Waals surface area contributed by atoms with Crippen molar-refractivity contribution in [1.82, 2.24) is 15.0 Å². The third kappa shape index (κ3) is 4.57. The van der Waals surface area contributed by atoms with Gasteiger partial charge in [0.2, 0.25) is 0 Å². The van der Waals surface area contributed by atoms with Gasteiger partial charge in [0.15, 0.2) is 5.82 Å². The average Bonchev–Trinajstić information content (AvgIpc) is 3.15. The third-order valence-electron chi connectivity index (χ3n) is 6.67. The van der Waals surface area contributed by atoms with E-state index in [1.807, 2.05) is 6.92 Å². The number of aryl methyl sites for hydroxylation is 1. The predicted octanol–water partition coefficient (Wildman–Crippen LogP) is 4.77. The van der Waals surface area contributed by atoms with Crippen molar-refractivity contribution in [1.29, 1.82) is 0 Å². The molecule has 28 heavy (non-hydrogen) atoms. The molecule has 2 saturated heterocycles. The van der Waals surface area contributed by atoms with Gasteiger partial charge in [0.25, 0.3) is 5.89 Å². The molecule has 2 aliphatic rings. The SMILES string of the molecule is Cc1noc(-c2ccc(N3CCC(CC4CCN(C(C)C)CC4)CC3)cc2)n1. The first-order chi connectivity index (χ1) is 13.6. The van der Waals surface area contributed by atoms with E-state index in [0.717, 1.165) is 17.4 Å². The van der Waals surface area contributed by atoms with Crippen LogP contribution in [0.15, 0.2) is 28.8 Å². The number of hydrogen-bond donors (Lipinski definition) is 0. The number of rotatable bonds is 5. The van der Waals surface area contributed by atoms with Crippen LogP contribution in [0.3, 0.4) is 0 Å². The number of anilines is 1. The molecule has 0 aliphatic carbocycles. The van der Waals surface area contributed by atoms with Crippen molar-refractivity contribution >= 4 is 5.69 Å². The summed E-state index contributed by atoms with van der Waals surface area (Å²) in [5, 5.41) is 3.87. The van der Waals surface area contributed by atoms with Crippen LogP contribution in [0.2, 0.25) is 0 Å². The van der Waals surface area contributed by atoms with Crippen molar-refractivity contribution in [2.45, 2.75) is 58.9 Å². The first kappa shape index (κ1) is 19.4. The maximum atomic E-state index is 5.26. The Morgan fingerprint density at radius 3 is 2.11 bits per heavy atom. The summed E-state index contributed by atoms with van der Waals surface area (Å²) >= 11 is 0. The zero-order valence-electron chi connectivity index (χ0n) is 17.6. The summed E-state index contributed by atoms with van der Waals surface area (Å²) in [6.45, 7) is 11.4. The lowest BCUT2D eigenvalue weighted by atomic mass is 9.82. The van der Waals surface area contributed by atoms with Gasteiger partial charge in [-0.05, 0) is 102 Å². The number of benzene rings is 1. The molecule has 0 amide bonds. The van der Waals surface area contributed by atoms with Crippen molar-refractivity contribution < 1.29 is 4.52 Å². The molecule has 5 heteroatoms. The molecule has 0 atom stereocenters. The van der Waals surface area contributed by atoms with Crippen LogP contribution in [0.5, 0.6) is 0 Å². The Morgan fingerprint density at radius 2 is 1.57 bits per heavy atom. The minimum absolute atomic E-state index is 0.603. The van der Waals surface area contributed by atoms with Gasteiger partial charge in [0.05, 0.1) is 0 Å². The van der Waals surface area contributed by atoms with E-state index in [1.54, 1.807) is 0 Å². The maximum Gasteiger partial charge on any atom is 0.257 e. The second kappa shape index (κ2) is 8.64. The fourth-order valence-corrected chi connectivity index (χ4v) is 4.83. The molecular weight excluding hydrogens is 348 g/mol. The summed E-state index contributed by atoms with van der Waals surface area (Å²) in [5.41, 5.74) is 2.30. The number of nitrogens with zero attached hydrogens (tertiary/aromatic N) is 4. The van der Waals surface area contributed by atoms with Crippen LogP contribution in [-0.4, -0.2) is 47.3 Å². The zero-order valence-corrected chi connectivity index (χ0v) is 17.6. The molecule has 0 radical (unpaired) electrons. The van der Waals surface area contributed by atoms with Gasteiger partial charge < -0.3 is 14.3 Å². The molecule has 2 aliphatic heterocycles. The van der Waals surface area contributed by atoms with Gasteiger partial charge in [-0.3, -0.25) is 0 Å². The minimum Gasteiger partial charge on any atom is -0.372 e. The molecule has 0 unspecified atom stereocenters. The Hall–Kier alpha value is -1.88. The largest absolute Gasteiger partial charge is 0.372 e. The van der Waals surface area contributed by atoms with Crippen LogP contribution in [0.25, 0.3) is 11.5 Å². The van der Waals surface area contributed by atoms with E-state index in [2.05, 4.69) is 58.1 Å². The molecular formula is C23H34N4O. The summed E-state index contributed by atoms with van der Waals surface area (Å²) in [7, 11) is 0. The van der Waals surface area contributed by atoms with E-state index in [0.29, 0.717) is 17.8 Å². The summed E-state index contributed by atoms with van der Waals surface area (Å²) in [6.07, 6.45) is 6.89. The molecule has 5 nitrogen and oxygen atoms in total. The molecule has 4 rings (SSSR count). The van der Waals surface area contributed by atoms with Crippen LogP contribution >= 0.6 is 0 Å². The van der Waals surface area contributed by atoms with Gasteiger partial charge in [-0.15, -0.1) is 0 Å². The van der Waals surface area contributed by atoms with Gasteiger partial charge in [-0.2, -0.15) is 4.98 Å². The van der Waals surface area contributed by atoms with E-state index in [9.17, 15) is 0 Å². The van der Waals surface area contributed by atoms with Gasteiger partial charge in [-0.1, -0.05) is 5.16 Å². The molecule has 0 bridgehead atoms. The van der Waals surface area contributed by atoms with Crippen LogP contribution in [0.4, 0.5) is 5.69 Å². The Morgan fingerprint density at radius 1 is 0.964 bits per heavy atom. The molecule has 1 aromatic heterocycles. The summed E-state index contributed by atoms with van der Waals surface area (Å²) in [6, 6.07) is 9.28. The second-order valence-corrected chi connectivity index (χ2v) is 8.93. The number of hydrogen-bond acceptors (Lipinski definition) is 5.